The minimum atomic E-state index is -1.00. The Balaban J connectivity index is 1.69. The second kappa shape index (κ2) is 9.10. The number of aliphatic hydroxyl groups excluding tert-OH is 1. The maximum Gasteiger partial charge on any atom is 0.337 e. The summed E-state index contributed by atoms with van der Waals surface area (Å²) >= 11 is 0. The fraction of sp³-hybridized carbons (Fsp3) is 0.148. The molecule has 1 N–H and O–H groups in total. The van der Waals surface area contributed by atoms with E-state index in [4.69, 9.17) is 18.9 Å². The van der Waals surface area contributed by atoms with Crippen molar-refractivity contribution in [3.05, 3.63) is 89.0 Å². The Morgan fingerprint density at radius 3 is 2.36 bits per heavy atom. The standard InChI is InChI=1S/C27H21NO8/c1-33-19-6-4-3-5-18(19)23-22(24(29)16-9-12-20-21(13-16)36-14-35-20)25(30)26(31)28(23)17-10-7-15(8-11-17)27(32)34-2/h3-13,23,29H,14H2,1-2H3/b24-22+. The predicted octanol–water partition coefficient (Wildman–Crippen LogP) is 3.84. The summed E-state index contributed by atoms with van der Waals surface area (Å²) in [5.74, 6) is -1.24. The molecule has 182 valence electrons. The molecule has 1 atom stereocenters. The zero-order chi connectivity index (χ0) is 25.4. The third-order valence-corrected chi connectivity index (χ3v) is 6.09. The van der Waals surface area contributed by atoms with Gasteiger partial charge < -0.3 is 24.1 Å². The Labute approximate surface area is 206 Å². The molecule has 2 aliphatic rings. The molecule has 1 unspecified atom stereocenters. The van der Waals surface area contributed by atoms with Gasteiger partial charge >= 0.3 is 5.97 Å². The van der Waals surface area contributed by atoms with E-state index in [0.717, 1.165) is 0 Å². The van der Waals surface area contributed by atoms with E-state index < -0.39 is 23.7 Å². The highest BCUT2D eigenvalue weighted by Crippen LogP contribution is 2.45. The zero-order valence-corrected chi connectivity index (χ0v) is 19.4. The predicted molar refractivity (Wildman–Crippen MR) is 128 cm³/mol. The summed E-state index contributed by atoms with van der Waals surface area (Å²) in [5, 5.41) is 11.3. The maximum absolute atomic E-state index is 13.4. The molecule has 3 aromatic rings. The summed E-state index contributed by atoms with van der Waals surface area (Å²) in [6, 6.07) is 16.8. The number of anilines is 1. The van der Waals surface area contributed by atoms with E-state index >= 15 is 0 Å². The molecular weight excluding hydrogens is 466 g/mol. The quantitative estimate of drug-likeness (QED) is 0.250. The number of ether oxygens (including phenoxy) is 4. The average molecular weight is 487 g/mol. The molecule has 3 aromatic carbocycles. The van der Waals surface area contributed by atoms with Gasteiger partial charge in [0.15, 0.2) is 11.5 Å². The van der Waals surface area contributed by atoms with Gasteiger partial charge in [0.2, 0.25) is 6.79 Å². The van der Waals surface area contributed by atoms with Crippen molar-refractivity contribution < 1.29 is 38.4 Å². The van der Waals surface area contributed by atoms with Crippen LogP contribution in [0.1, 0.15) is 27.5 Å². The summed E-state index contributed by atoms with van der Waals surface area (Å²) in [4.78, 5) is 39.9. The molecule has 1 fully saturated rings. The number of para-hydroxylation sites is 1. The number of fused-ring (bicyclic) bond motifs is 1. The van der Waals surface area contributed by atoms with Gasteiger partial charge in [0.25, 0.3) is 11.7 Å². The monoisotopic (exact) mass is 487 g/mol. The lowest BCUT2D eigenvalue weighted by atomic mass is 9.94. The van der Waals surface area contributed by atoms with Crippen LogP contribution in [0.4, 0.5) is 5.69 Å². The number of aliphatic hydroxyl groups is 1. The molecule has 1 amide bonds. The van der Waals surface area contributed by atoms with E-state index in [1.54, 1.807) is 54.6 Å². The topological polar surface area (TPSA) is 112 Å². The highest BCUT2D eigenvalue weighted by molar-refractivity contribution is 6.51. The van der Waals surface area contributed by atoms with Crippen molar-refractivity contribution >= 4 is 29.1 Å². The highest BCUT2D eigenvalue weighted by atomic mass is 16.7. The number of hydrogen-bond donors (Lipinski definition) is 1. The number of carbonyl (C=O) groups is 3. The van der Waals surface area contributed by atoms with Gasteiger partial charge in [0.05, 0.1) is 31.4 Å². The SMILES string of the molecule is COC(=O)c1ccc(N2C(=O)C(=O)/C(=C(/O)c3ccc4c(c3)OCO4)C2c2ccccc2OC)cc1. The minimum Gasteiger partial charge on any atom is -0.507 e. The first-order valence-corrected chi connectivity index (χ1v) is 11.0. The van der Waals surface area contributed by atoms with E-state index in [1.807, 2.05) is 0 Å². The fourth-order valence-corrected chi connectivity index (χ4v) is 4.36. The van der Waals surface area contributed by atoms with Crippen molar-refractivity contribution in [3.63, 3.8) is 0 Å². The number of methoxy groups -OCH3 is 2. The van der Waals surface area contributed by atoms with E-state index in [0.29, 0.717) is 28.5 Å². The van der Waals surface area contributed by atoms with Gasteiger partial charge in [-0.25, -0.2) is 4.79 Å². The van der Waals surface area contributed by atoms with Crippen molar-refractivity contribution in [2.75, 3.05) is 25.9 Å². The number of nitrogens with zero attached hydrogens (tertiary/aromatic N) is 1. The van der Waals surface area contributed by atoms with Crippen molar-refractivity contribution in [2.45, 2.75) is 6.04 Å². The van der Waals surface area contributed by atoms with Crippen LogP contribution in [0.2, 0.25) is 0 Å². The van der Waals surface area contributed by atoms with Crippen molar-refractivity contribution in [3.8, 4) is 17.2 Å². The molecule has 0 aromatic heterocycles. The lowest BCUT2D eigenvalue weighted by molar-refractivity contribution is -0.132. The molecule has 36 heavy (non-hydrogen) atoms. The number of carbonyl (C=O) groups excluding carboxylic acids is 3. The molecule has 5 rings (SSSR count). The summed E-state index contributed by atoms with van der Waals surface area (Å²) in [7, 11) is 2.75. The van der Waals surface area contributed by atoms with Crippen LogP contribution in [-0.2, 0) is 14.3 Å². The van der Waals surface area contributed by atoms with Crippen LogP contribution in [0.25, 0.3) is 5.76 Å². The van der Waals surface area contributed by atoms with Crippen molar-refractivity contribution in [1.29, 1.82) is 0 Å². The Kier molecular flexibility index (Phi) is 5.81. The fourth-order valence-electron chi connectivity index (χ4n) is 4.36. The number of hydrogen-bond acceptors (Lipinski definition) is 8. The van der Waals surface area contributed by atoms with E-state index in [9.17, 15) is 19.5 Å². The lowest BCUT2D eigenvalue weighted by Gasteiger charge is -2.26. The number of benzene rings is 3. The Morgan fingerprint density at radius 1 is 0.944 bits per heavy atom. The first-order valence-electron chi connectivity index (χ1n) is 11.0. The van der Waals surface area contributed by atoms with Gasteiger partial charge in [-0.1, -0.05) is 18.2 Å². The van der Waals surface area contributed by atoms with Gasteiger partial charge in [-0.15, -0.1) is 0 Å². The molecule has 9 heteroatoms. The molecule has 2 aliphatic heterocycles. The van der Waals surface area contributed by atoms with Crippen LogP contribution in [-0.4, -0.2) is 43.8 Å². The van der Waals surface area contributed by atoms with Gasteiger partial charge in [-0.3, -0.25) is 14.5 Å². The molecule has 0 saturated carbocycles. The zero-order valence-electron chi connectivity index (χ0n) is 19.4. The van der Waals surface area contributed by atoms with Crippen LogP contribution in [0.15, 0.2) is 72.3 Å². The Bertz CT molecular complexity index is 1410. The summed E-state index contributed by atoms with van der Waals surface area (Å²) < 4.78 is 21.0. The van der Waals surface area contributed by atoms with Crippen molar-refractivity contribution in [2.24, 2.45) is 0 Å². The van der Waals surface area contributed by atoms with Crippen LogP contribution in [0.3, 0.4) is 0 Å². The Hall–Kier alpha value is -4.79. The third-order valence-electron chi connectivity index (χ3n) is 6.09. The molecule has 2 heterocycles. The van der Waals surface area contributed by atoms with E-state index in [1.165, 1.54) is 31.3 Å². The Morgan fingerprint density at radius 2 is 1.64 bits per heavy atom. The van der Waals surface area contributed by atoms with Gasteiger partial charge in [-0.05, 0) is 48.5 Å². The van der Waals surface area contributed by atoms with E-state index in [-0.39, 0.29) is 29.3 Å². The van der Waals surface area contributed by atoms with Gasteiger partial charge in [0, 0.05) is 16.8 Å². The molecule has 0 aliphatic carbocycles. The summed E-state index contributed by atoms with van der Waals surface area (Å²) in [6.45, 7) is 0.0483. The molecule has 0 bridgehead atoms. The van der Waals surface area contributed by atoms with Gasteiger partial charge in [-0.2, -0.15) is 0 Å². The van der Waals surface area contributed by atoms with E-state index in [2.05, 4.69) is 0 Å². The van der Waals surface area contributed by atoms with Crippen LogP contribution in [0.5, 0.6) is 17.2 Å². The first kappa shape index (κ1) is 23.0. The molecule has 1 saturated heterocycles. The number of Topliss-reactive ketones (excluding diaryl/α,β-unsaturated/α-hetero) is 1. The second-order valence-electron chi connectivity index (χ2n) is 8.02. The smallest absolute Gasteiger partial charge is 0.337 e. The van der Waals surface area contributed by atoms with Crippen LogP contribution >= 0.6 is 0 Å². The highest BCUT2D eigenvalue weighted by Gasteiger charge is 2.48. The number of ketones is 1. The summed E-state index contributed by atoms with van der Waals surface area (Å²) in [5.41, 5.74) is 1.31. The van der Waals surface area contributed by atoms with Crippen LogP contribution in [0, 0.1) is 0 Å². The second-order valence-corrected chi connectivity index (χ2v) is 8.02. The number of amides is 1. The van der Waals surface area contributed by atoms with Crippen LogP contribution < -0.4 is 19.1 Å². The average Bonchev–Trinajstić information content (AvgIpc) is 3.49. The minimum absolute atomic E-state index is 0.0483. The normalized spacial score (nSPS) is 17.8. The third kappa shape index (κ3) is 3.70. The van der Waals surface area contributed by atoms with Gasteiger partial charge in [0.1, 0.15) is 11.5 Å². The number of esters is 1. The summed E-state index contributed by atoms with van der Waals surface area (Å²) in [6.07, 6.45) is 0. The maximum atomic E-state index is 13.4. The molecule has 0 radical (unpaired) electrons. The lowest BCUT2D eigenvalue weighted by Crippen LogP contribution is -2.29. The largest absolute Gasteiger partial charge is 0.507 e. The number of rotatable bonds is 5. The molecule has 0 spiro atoms. The molecule has 9 nitrogen and oxygen atoms in total. The molecular formula is C27H21NO8. The first-order chi connectivity index (χ1) is 17.4. The van der Waals surface area contributed by atoms with Crippen molar-refractivity contribution in [1.82, 2.24) is 0 Å².